The monoisotopic (exact) mass is 589 g/mol. The molecule has 0 atom stereocenters. The summed E-state index contributed by atoms with van der Waals surface area (Å²) in [7, 11) is 0. The molecule has 0 spiro atoms. The second-order valence-electron chi connectivity index (χ2n) is 11.2. The van der Waals surface area contributed by atoms with Crippen LogP contribution >= 0.6 is 0 Å². The van der Waals surface area contributed by atoms with E-state index in [1.165, 1.54) is 0 Å². The van der Waals surface area contributed by atoms with E-state index in [-0.39, 0.29) is 0 Å². The summed E-state index contributed by atoms with van der Waals surface area (Å²) in [5.41, 5.74) is 8.04. The number of hydrogen-bond acceptors (Lipinski definition) is 5. The molecule has 0 saturated heterocycles. The van der Waals surface area contributed by atoms with E-state index in [9.17, 15) is 5.26 Å². The van der Waals surface area contributed by atoms with Crippen molar-refractivity contribution in [1.82, 2.24) is 19.5 Å². The van der Waals surface area contributed by atoms with Gasteiger partial charge >= 0.3 is 0 Å². The number of nitrogens with zero attached hydrogens (tertiary/aromatic N) is 5. The molecule has 0 N–H and O–H groups in total. The van der Waals surface area contributed by atoms with Gasteiger partial charge in [0.15, 0.2) is 11.6 Å². The van der Waals surface area contributed by atoms with Crippen LogP contribution in [0.5, 0.6) is 0 Å². The van der Waals surface area contributed by atoms with Crippen molar-refractivity contribution < 1.29 is 4.42 Å². The van der Waals surface area contributed by atoms with Crippen LogP contribution in [0.1, 0.15) is 5.56 Å². The fourth-order valence-electron chi connectivity index (χ4n) is 6.38. The van der Waals surface area contributed by atoms with Crippen LogP contribution in [0.15, 0.2) is 144 Å². The Morgan fingerprint density at radius 1 is 0.522 bits per heavy atom. The predicted molar refractivity (Wildman–Crippen MR) is 182 cm³/mol. The summed E-state index contributed by atoms with van der Waals surface area (Å²) in [5.74, 6) is 1.70. The van der Waals surface area contributed by atoms with Gasteiger partial charge in [0.2, 0.25) is 5.95 Å². The molecule has 0 aliphatic carbocycles. The number of furan rings is 1. The molecule has 6 nitrogen and oxygen atoms in total. The van der Waals surface area contributed by atoms with Crippen molar-refractivity contribution >= 4 is 43.7 Å². The maximum Gasteiger partial charge on any atom is 0.238 e. The van der Waals surface area contributed by atoms with Crippen molar-refractivity contribution in [2.75, 3.05) is 0 Å². The second kappa shape index (κ2) is 10.3. The van der Waals surface area contributed by atoms with Crippen LogP contribution in [-0.2, 0) is 0 Å². The molecular weight excluding hydrogens is 566 g/mol. The van der Waals surface area contributed by atoms with Gasteiger partial charge in [-0.3, -0.25) is 4.57 Å². The van der Waals surface area contributed by atoms with Crippen molar-refractivity contribution in [2.24, 2.45) is 0 Å². The Bertz CT molecular complexity index is 2590. The van der Waals surface area contributed by atoms with Gasteiger partial charge in [-0.2, -0.15) is 15.2 Å². The van der Waals surface area contributed by atoms with Crippen molar-refractivity contribution in [3.8, 4) is 45.9 Å². The average molecular weight is 590 g/mol. The van der Waals surface area contributed by atoms with E-state index in [0.717, 1.165) is 66.0 Å². The molecule has 9 aromatic rings. The highest BCUT2D eigenvalue weighted by molar-refractivity contribution is 6.13. The van der Waals surface area contributed by atoms with Crippen LogP contribution in [0.25, 0.3) is 83.6 Å². The maximum absolute atomic E-state index is 9.26. The summed E-state index contributed by atoms with van der Waals surface area (Å²) in [4.78, 5) is 15.1. The molecule has 0 unspecified atom stereocenters. The van der Waals surface area contributed by atoms with Gasteiger partial charge in [0.1, 0.15) is 11.2 Å². The summed E-state index contributed by atoms with van der Waals surface area (Å²) < 4.78 is 8.54. The summed E-state index contributed by atoms with van der Waals surface area (Å²) in [6.45, 7) is 0. The van der Waals surface area contributed by atoms with Crippen LogP contribution in [-0.4, -0.2) is 19.5 Å². The Labute approximate surface area is 263 Å². The van der Waals surface area contributed by atoms with Crippen molar-refractivity contribution in [1.29, 1.82) is 5.26 Å². The normalized spacial score (nSPS) is 11.5. The molecule has 0 bridgehead atoms. The molecule has 0 radical (unpaired) electrons. The number of nitriles is 1. The quantitative estimate of drug-likeness (QED) is 0.204. The zero-order valence-electron chi connectivity index (χ0n) is 24.4. The van der Waals surface area contributed by atoms with Gasteiger partial charge in [-0.1, -0.05) is 97.1 Å². The molecule has 0 saturated carbocycles. The summed E-state index contributed by atoms with van der Waals surface area (Å²) in [6.07, 6.45) is 0. The van der Waals surface area contributed by atoms with E-state index in [1.807, 2.05) is 91.0 Å². The summed E-state index contributed by atoms with van der Waals surface area (Å²) in [5, 5.41) is 13.6. The number of hydrogen-bond donors (Lipinski definition) is 0. The van der Waals surface area contributed by atoms with E-state index < -0.39 is 0 Å². The minimum atomic E-state index is 0.550. The molecule has 0 fully saturated rings. The topological polar surface area (TPSA) is 80.5 Å². The van der Waals surface area contributed by atoms with Gasteiger partial charge in [0.05, 0.1) is 22.7 Å². The van der Waals surface area contributed by atoms with E-state index in [1.54, 1.807) is 0 Å². The minimum Gasteiger partial charge on any atom is -0.456 e. The third-order valence-corrected chi connectivity index (χ3v) is 8.52. The van der Waals surface area contributed by atoms with Crippen molar-refractivity contribution in [2.45, 2.75) is 0 Å². The van der Waals surface area contributed by atoms with Crippen LogP contribution in [0.4, 0.5) is 0 Å². The maximum atomic E-state index is 9.26. The number of para-hydroxylation sites is 2. The van der Waals surface area contributed by atoms with E-state index in [0.29, 0.717) is 23.2 Å². The molecule has 0 aliphatic rings. The Balaban J connectivity index is 1.26. The molecule has 214 valence electrons. The third kappa shape index (κ3) is 4.07. The molecule has 3 heterocycles. The number of fused-ring (bicyclic) bond motifs is 6. The highest BCUT2D eigenvalue weighted by atomic mass is 16.3. The van der Waals surface area contributed by atoms with E-state index in [4.69, 9.17) is 19.4 Å². The van der Waals surface area contributed by atoms with Gasteiger partial charge in [-0.25, -0.2) is 4.98 Å². The summed E-state index contributed by atoms with van der Waals surface area (Å²) in [6, 6.07) is 48.7. The first kappa shape index (κ1) is 25.9. The van der Waals surface area contributed by atoms with Crippen LogP contribution in [0.2, 0.25) is 0 Å². The van der Waals surface area contributed by atoms with Gasteiger partial charge in [-0.05, 0) is 53.6 Å². The Morgan fingerprint density at radius 2 is 1.17 bits per heavy atom. The average Bonchev–Trinajstić information content (AvgIpc) is 3.67. The first-order valence-electron chi connectivity index (χ1n) is 15.0. The van der Waals surface area contributed by atoms with Gasteiger partial charge in [-0.15, -0.1) is 0 Å². The standard InChI is InChI=1S/C40H23N5O/c41-24-25-17-19-26(20-18-25)29-13-8-16-35-37(29)32-22-21-28(23-36(32)46-35)39-42-38(27-9-2-1-3-10-27)43-40(44-39)45-33-14-6-4-11-30(33)31-12-5-7-15-34(31)45/h1-23H. The van der Waals surface area contributed by atoms with Gasteiger partial charge < -0.3 is 4.42 Å². The fourth-order valence-corrected chi connectivity index (χ4v) is 6.38. The van der Waals surface area contributed by atoms with Gasteiger partial charge in [0, 0.05) is 32.7 Å². The molecule has 0 aliphatic heterocycles. The SMILES string of the molecule is N#Cc1ccc(-c2cccc3oc4cc(-c5nc(-c6ccccc6)nc(-n6c7ccccc7c7ccccc76)n5)ccc4c23)cc1. The number of aromatic nitrogens is 4. The smallest absolute Gasteiger partial charge is 0.238 e. The Morgan fingerprint density at radius 3 is 1.89 bits per heavy atom. The van der Waals surface area contributed by atoms with Crippen LogP contribution in [0.3, 0.4) is 0 Å². The Hall–Kier alpha value is -6.58. The Kier molecular flexibility index (Phi) is 5.77. The number of rotatable bonds is 4. The third-order valence-electron chi connectivity index (χ3n) is 8.52. The zero-order chi connectivity index (χ0) is 30.6. The molecule has 9 rings (SSSR count). The lowest BCUT2D eigenvalue weighted by atomic mass is 9.98. The molecule has 0 amide bonds. The van der Waals surface area contributed by atoms with Crippen molar-refractivity contribution in [3.05, 3.63) is 145 Å². The van der Waals surface area contributed by atoms with E-state index in [2.05, 4.69) is 59.2 Å². The largest absolute Gasteiger partial charge is 0.456 e. The zero-order valence-corrected chi connectivity index (χ0v) is 24.4. The van der Waals surface area contributed by atoms with Crippen molar-refractivity contribution in [3.63, 3.8) is 0 Å². The summed E-state index contributed by atoms with van der Waals surface area (Å²) >= 11 is 0. The fraction of sp³-hybridized carbons (Fsp3) is 0. The molecule has 3 aromatic heterocycles. The highest BCUT2D eigenvalue weighted by Gasteiger charge is 2.19. The van der Waals surface area contributed by atoms with Crippen LogP contribution < -0.4 is 0 Å². The lowest BCUT2D eigenvalue weighted by Gasteiger charge is -2.11. The molecular formula is C40H23N5O. The van der Waals surface area contributed by atoms with E-state index >= 15 is 0 Å². The number of benzene rings is 6. The first-order valence-corrected chi connectivity index (χ1v) is 15.0. The lowest BCUT2D eigenvalue weighted by Crippen LogP contribution is -2.06. The van der Waals surface area contributed by atoms with Gasteiger partial charge in [0.25, 0.3) is 0 Å². The predicted octanol–water partition coefficient (Wildman–Crippen LogP) is 9.74. The lowest BCUT2D eigenvalue weighted by molar-refractivity contribution is 0.669. The highest BCUT2D eigenvalue weighted by Crippen LogP contribution is 2.38. The molecule has 6 heteroatoms. The second-order valence-corrected chi connectivity index (χ2v) is 11.2. The van der Waals surface area contributed by atoms with Crippen LogP contribution in [0, 0.1) is 11.3 Å². The minimum absolute atomic E-state index is 0.550. The first-order chi connectivity index (χ1) is 22.7. The molecule has 46 heavy (non-hydrogen) atoms. The molecule has 6 aromatic carbocycles.